The summed E-state index contributed by atoms with van der Waals surface area (Å²) in [6.07, 6.45) is 0. The van der Waals surface area contributed by atoms with E-state index in [0.29, 0.717) is 5.02 Å². The molecule has 2 aromatic carbocycles. The molecular formula is C15H14Cl2FN. The molecule has 100 valence electrons. The molecular weight excluding hydrogens is 284 g/mol. The Labute approximate surface area is 122 Å². The fourth-order valence-electron chi connectivity index (χ4n) is 1.85. The lowest BCUT2D eigenvalue weighted by Crippen LogP contribution is -2.08. The fraction of sp³-hybridized carbons (Fsp3) is 0.200. The van der Waals surface area contributed by atoms with Gasteiger partial charge in [0.1, 0.15) is 5.82 Å². The minimum atomic E-state index is -0.407. The monoisotopic (exact) mass is 297 g/mol. The van der Waals surface area contributed by atoms with E-state index in [1.807, 2.05) is 38.1 Å². The molecule has 2 rings (SSSR count). The smallest absolute Gasteiger partial charge is 0.142 e. The molecule has 19 heavy (non-hydrogen) atoms. The molecule has 1 atom stereocenters. The third-order valence-electron chi connectivity index (χ3n) is 3.02. The summed E-state index contributed by atoms with van der Waals surface area (Å²) >= 11 is 11.7. The van der Waals surface area contributed by atoms with Crippen LogP contribution in [-0.4, -0.2) is 0 Å². The second-order valence-electron chi connectivity index (χ2n) is 4.50. The highest BCUT2D eigenvalue weighted by Gasteiger charge is 2.09. The van der Waals surface area contributed by atoms with Crippen molar-refractivity contribution in [1.29, 1.82) is 0 Å². The summed E-state index contributed by atoms with van der Waals surface area (Å²) in [5.74, 6) is -0.407. The maximum absolute atomic E-state index is 13.4. The van der Waals surface area contributed by atoms with E-state index in [1.165, 1.54) is 6.07 Å². The van der Waals surface area contributed by atoms with E-state index in [1.54, 1.807) is 6.07 Å². The van der Waals surface area contributed by atoms with Gasteiger partial charge in [-0.1, -0.05) is 35.3 Å². The second-order valence-corrected chi connectivity index (χ2v) is 5.34. The molecule has 2 aromatic rings. The minimum Gasteiger partial charge on any atom is -0.378 e. The Morgan fingerprint density at radius 1 is 1.11 bits per heavy atom. The zero-order valence-corrected chi connectivity index (χ0v) is 12.2. The van der Waals surface area contributed by atoms with E-state index in [9.17, 15) is 4.39 Å². The van der Waals surface area contributed by atoms with Gasteiger partial charge in [0.05, 0.1) is 5.02 Å². The molecule has 1 nitrogen and oxygen atoms in total. The van der Waals surface area contributed by atoms with Gasteiger partial charge in [-0.3, -0.25) is 0 Å². The summed E-state index contributed by atoms with van der Waals surface area (Å²) in [5, 5.41) is 4.12. The van der Waals surface area contributed by atoms with E-state index in [2.05, 4.69) is 5.32 Å². The Hall–Kier alpha value is -1.25. The molecule has 0 heterocycles. The highest BCUT2D eigenvalue weighted by atomic mass is 35.5. The van der Waals surface area contributed by atoms with Gasteiger partial charge in [0.2, 0.25) is 0 Å². The highest BCUT2D eigenvalue weighted by Crippen LogP contribution is 2.26. The van der Waals surface area contributed by atoms with Crippen molar-refractivity contribution in [1.82, 2.24) is 0 Å². The number of halogens is 3. The first kappa shape index (κ1) is 14.2. The minimum absolute atomic E-state index is 0.0380. The Morgan fingerprint density at radius 2 is 1.84 bits per heavy atom. The van der Waals surface area contributed by atoms with Crippen molar-refractivity contribution in [2.75, 3.05) is 5.32 Å². The van der Waals surface area contributed by atoms with Crippen LogP contribution in [0.3, 0.4) is 0 Å². The third kappa shape index (κ3) is 3.40. The van der Waals surface area contributed by atoms with E-state index < -0.39 is 5.82 Å². The van der Waals surface area contributed by atoms with Crippen LogP contribution in [0.5, 0.6) is 0 Å². The van der Waals surface area contributed by atoms with Gasteiger partial charge in [0, 0.05) is 16.8 Å². The van der Waals surface area contributed by atoms with Crippen LogP contribution in [0.1, 0.15) is 24.1 Å². The summed E-state index contributed by atoms with van der Waals surface area (Å²) in [5.41, 5.74) is 2.86. The first-order valence-electron chi connectivity index (χ1n) is 5.95. The molecule has 0 aliphatic rings. The molecule has 0 bridgehead atoms. The van der Waals surface area contributed by atoms with Crippen molar-refractivity contribution in [3.05, 3.63) is 63.4 Å². The van der Waals surface area contributed by atoms with Crippen molar-refractivity contribution in [2.24, 2.45) is 0 Å². The average molecular weight is 298 g/mol. The van der Waals surface area contributed by atoms with E-state index in [4.69, 9.17) is 23.2 Å². The number of nitrogens with one attached hydrogen (secondary N) is 1. The predicted octanol–water partition coefficient (Wildman–Crippen LogP) is 5.61. The van der Waals surface area contributed by atoms with Gasteiger partial charge in [-0.2, -0.15) is 0 Å². The van der Waals surface area contributed by atoms with Gasteiger partial charge in [-0.25, -0.2) is 4.39 Å². The topological polar surface area (TPSA) is 12.0 Å². The van der Waals surface area contributed by atoms with Gasteiger partial charge in [0.25, 0.3) is 0 Å². The highest BCUT2D eigenvalue weighted by molar-refractivity contribution is 6.31. The van der Waals surface area contributed by atoms with Crippen LogP contribution in [0, 0.1) is 12.7 Å². The Kier molecular flexibility index (Phi) is 4.33. The lowest BCUT2D eigenvalue weighted by Gasteiger charge is -2.18. The van der Waals surface area contributed by atoms with Crippen LogP contribution in [0.2, 0.25) is 10.0 Å². The fourth-order valence-corrected chi connectivity index (χ4v) is 2.14. The van der Waals surface area contributed by atoms with Crippen LogP contribution in [-0.2, 0) is 0 Å². The summed E-state index contributed by atoms with van der Waals surface area (Å²) in [6, 6.07) is 10.4. The Balaban J connectivity index is 2.22. The number of benzene rings is 2. The van der Waals surface area contributed by atoms with Crippen LogP contribution in [0.15, 0.2) is 36.4 Å². The quantitative estimate of drug-likeness (QED) is 0.776. The first-order valence-corrected chi connectivity index (χ1v) is 6.70. The van der Waals surface area contributed by atoms with E-state index >= 15 is 0 Å². The number of hydrogen-bond acceptors (Lipinski definition) is 1. The zero-order valence-electron chi connectivity index (χ0n) is 10.7. The van der Waals surface area contributed by atoms with Crippen LogP contribution in [0.25, 0.3) is 0 Å². The van der Waals surface area contributed by atoms with Gasteiger partial charge < -0.3 is 5.32 Å². The van der Waals surface area contributed by atoms with Crippen molar-refractivity contribution < 1.29 is 4.39 Å². The van der Waals surface area contributed by atoms with Crippen molar-refractivity contribution in [3.63, 3.8) is 0 Å². The molecule has 0 aliphatic carbocycles. The summed E-state index contributed by atoms with van der Waals surface area (Å²) in [7, 11) is 0. The third-order valence-corrected chi connectivity index (χ3v) is 3.56. The van der Waals surface area contributed by atoms with E-state index in [0.717, 1.165) is 16.8 Å². The predicted molar refractivity (Wildman–Crippen MR) is 79.6 cm³/mol. The van der Waals surface area contributed by atoms with Gasteiger partial charge in [-0.05, 0) is 49.2 Å². The standard InChI is InChI=1S/C15H14Cl2FN/c1-9-3-5-12(16)8-15(9)19-10(2)11-4-6-13(17)14(18)7-11/h3-8,10,19H,1-2H3. The molecule has 0 fully saturated rings. The molecule has 4 heteroatoms. The molecule has 0 aromatic heterocycles. The lowest BCUT2D eigenvalue weighted by molar-refractivity contribution is 0.624. The van der Waals surface area contributed by atoms with Crippen molar-refractivity contribution in [3.8, 4) is 0 Å². The number of rotatable bonds is 3. The summed E-state index contributed by atoms with van der Waals surface area (Å²) in [6.45, 7) is 3.96. The maximum atomic E-state index is 13.4. The van der Waals surface area contributed by atoms with E-state index in [-0.39, 0.29) is 11.1 Å². The molecule has 0 radical (unpaired) electrons. The zero-order chi connectivity index (χ0) is 14.0. The molecule has 0 amide bonds. The van der Waals surface area contributed by atoms with Crippen LogP contribution >= 0.6 is 23.2 Å². The molecule has 0 saturated heterocycles. The summed E-state index contributed by atoms with van der Waals surface area (Å²) in [4.78, 5) is 0. The molecule has 1 N–H and O–H groups in total. The first-order chi connectivity index (χ1) is 8.97. The number of anilines is 1. The number of aryl methyl sites for hydroxylation is 1. The van der Waals surface area contributed by atoms with Gasteiger partial charge in [-0.15, -0.1) is 0 Å². The molecule has 0 spiro atoms. The Bertz CT molecular complexity index is 599. The van der Waals surface area contributed by atoms with Crippen LogP contribution in [0.4, 0.5) is 10.1 Å². The molecule has 0 aliphatic heterocycles. The normalized spacial score (nSPS) is 12.3. The lowest BCUT2D eigenvalue weighted by atomic mass is 10.1. The number of hydrogen-bond donors (Lipinski definition) is 1. The molecule has 0 saturated carbocycles. The second kappa shape index (κ2) is 5.81. The van der Waals surface area contributed by atoms with Crippen LogP contribution < -0.4 is 5.32 Å². The Morgan fingerprint density at radius 3 is 2.53 bits per heavy atom. The van der Waals surface area contributed by atoms with Gasteiger partial charge >= 0.3 is 0 Å². The average Bonchev–Trinajstić information content (AvgIpc) is 2.37. The SMILES string of the molecule is Cc1ccc(Cl)cc1NC(C)c1ccc(Cl)c(F)c1. The largest absolute Gasteiger partial charge is 0.378 e. The van der Waals surface area contributed by atoms with Crippen molar-refractivity contribution in [2.45, 2.75) is 19.9 Å². The summed E-state index contributed by atoms with van der Waals surface area (Å²) < 4.78 is 13.4. The molecule has 1 unspecified atom stereocenters. The maximum Gasteiger partial charge on any atom is 0.142 e. The van der Waals surface area contributed by atoms with Crippen molar-refractivity contribution >= 4 is 28.9 Å². The van der Waals surface area contributed by atoms with Gasteiger partial charge in [0.15, 0.2) is 0 Å².